The molecule has 0 unspecified atom stereocenters. The van der Waals surface area contributed by atoms with Crippen LogP contribution in [0.3, 0.4) is 0 Å². The molecule has 0 bridgehead atoms. The minimum Gasteiger partial charge on any atom is -0.487 e. The predicted molar refractivity (Wildman–Crippen MR) is 111 cm³/mol. The molecule has 0 saturated carbocycles. The Balaban J connectivity index is 1.58. The zero-order valence-electron chi connectivity index (χ0n) is 14.4. The van der Waals surface area contributed by atoms with E-state index in [1.54, 1.807) is 28.9 Å². The second kappa shape index (κ2) is 7.83. The van der Waals surface area contributed by atoms with Crippen molar-refractivity contribution in [2.45, 2.75) is 13.0 Å². The van der Waals surface area contributed by atoms with Crippen molar-refractivity contribution in [1.82, 2.24) is 9.38 Å². The molecule has 0 radical (unpaired) electrons. The van der Waals surface area contributed by atoms with Gasteiger partial charge in [-0.3, -0.25) is 9.20 Å². The van der Waals surface area contributed by atoms with E-state index in [2.05, 4.69) is 4.98 Å². The minimum absolute atomic E-state index is 0.0244. The van der Waals surface area contributed by atoms with E-state index in [1.165, 1.54) is 11.3 Å². The largest absolute Gasteiger partial charge is 0.487 e. The zero-order valence-corrected chi connectivity index (χ0v) is 16.8. The van der Waals surface area contributed by atoms with Gasteiger partial charge in [0.2, 0.25) is 0 Å². The minimum atomic E-state index is -0.870. The van der Waals surface area contributed by atoms with Crippen molar-refractivity contribution in [3.05, 3.63) is 75.3 Å². The van der Waals surface area contributed by atoms with Crippen molar-refractivity contribution in [3.8, 4) is 17.0 Å². The Kier molecular flexibility index (Phi) is 5.26. The number of imidazole rings is 1. The van der Waals surface area contributed by atoms with Crippen LogP contribution in [0.4, 0.5) is 0 Å². The topological polar surface area (TPSA) is 63.8 Å². The number of hydrogen-bond donors (Lipinski definition) is 1. The first-order valence-corrected chi connectivity index (χ1v) is 9.92. The van der Waals surface area contributed by atoms with Gasteiger partial charge in [0.15, 0.2) is 4.96 Å². The number of halogens is 2. The molecule has 28 heavy (non-hydrogen) atoms. The number of benzene rings is 2. The molecule has 8 heteroatoms. The summed E-state index contributed by atoms with van der Waals surface area (Å²) in [6.07, 6.45) is 3.54. The summed E-state index contributed by atoms with van der Waals surface area (Å²) in [5, 5.41) is 9.82. The van der Waals surface area contributed by atoms with Crippen molar-refractivity contribution < 1.29 is 14.6 Å². The fourth-order valence-electron chi connectivity index (χ4n) is 2.77. The van der Waals surface area contributed by atoms with E-state index >= 15 is 0 Å². The van der Waals surface area contributed by atoms with E-state index in [9.17, 15) is 4.79 Å². The maximum atomic E-state index is 10.8. The summed E-state index contributed by atoms with van der Waals surface area (Å²) in [5.41, 5.74) is 2.38. The molecule has 0 fully saturated rings. The third-order valence-corrected chi connectivity index (χ3v) is 5.67. The van der Waals surface area contributed by atoms with Gasteiger partial charge < -0.3 is 9.84 Å². The highest BCUT2D eigenvalue weighted by Gasteiger charge is 2.15. The van der Waals surface area contributed by atoms with Crippen molar-refractivity contribution >= 4 is 45.5 Å². The van der Waals surface area contributed by atoms with Crippen LogP contribution in [0, 0.1) is 0 Å². The van der Waals surface area contributed by atoms with Gasteiger partial charge in [0.1, 0.15) is 12.4 Å². The number of hydrogen-bond acceptors (Lipinski definition) is 4. The molecule has 0 saturated heterocycles. The number of ether oxygens (including phenoxy) is 1. The van der Waals surface area contributed by atoms with Crippen molar-refractivity contribution in [1.29, 1.82) is 0 Å². The number of thiazole rings is 1. The molecule has 0 aliphatic heterocycles. The molecule has 0 aliphatic rings. The highest BCUT2D eigenvalue weighted by molar-refractivity contribution is 7.17. The van der Waals surface area contributed by atoms with Gasteiger partial charge in [-0.1, -0.05) is 53.5 Å². The van der Waals surface area contributed by atoms with Gasteiger partial charge in [0.25, 0.3) is 0 Å². The SMILES string of the molecule is O=C(O)Cc1cn2cc(-c3cc(Cl)c(OCc4ccccc4)cc3Cl)nc2s1. The summed E-state index contributed by atoms with van der Waals surface area (Å²) >= 11 is 14.2. The molecular formula is C20H14Cl2N2O3S. The van der Waals surface area contributed by atoms with Gasteiger partial charge in [-0.05, 0) is 11.6 Å². The highest BCUT2D eigenvalue weighted by Crippen LogP contribution is 2.37. The van der Waals surface area contributed by atoms with E-state index in [-0.39, 0.29) is 6.42 Å². The summed E-state index contributed by atoms with van der Waals surface area (Å²) in [7, 11) is 0. The first-order valence-electron chi connectivity index (χ1n) is 8.35. The molecule has 1 N–H and O–H groups in total. The van der Waals surface area contributed by atoms with Crippen LogP contribution in [0.15, 0.2) is 54.9 Å². The van der Waals surface area contributed by atoms with E-state index in [1.807, 2.05) is 30.3 Å². The lowest BCUT2D eigenvalue weighted by Gasteiger charge is -2.10. The highest BCUT2D eigenvalue weighted by atomic mass is 35.5. The van der Waals surface area contributed by atoms with Crippen LogP contribution in [0.25, 0.3) is 16.2 Å². The third kappa shape index (κ3) is 3.99. The lowest BCUT2D eigenvalue weighted by atomic mass is 10.1. The van der Waals surface area contributed by atoms with Crippen LogP contribution in [-0.4, -0.2) is 20.5 Å². The predicted octanol–water partition coefficient (Wildman–Crippen LogP) is 5.58. The zero-order chi connectivity index (χ0) is 19.7. The Hall–Kier alpha value is -2.54. The maximum Gasteiger partial charge on any atom is 0.308 e. The number of rotatable bonds is 6. The van der Waals surface area contributed by atoms with E-state index in [0.29, 0.717) is 38.6 Å². The smallest absolute Gasteiger partial charge is 0.308 e. The first kappa shape index (κ1) is 18.8. The number of carboxylic acid groups (broad SMARTS) is 1. The Morgan fingerprint density at radius 3 is 2.64 bits per heavy atom. The average molecular weight is 433 g/mol. The second-order valence-electron chi connectivity index (χ2n) is 6.12. The summed E-state index contributed by atoms with van der Waals surface area (Å²) in [4.78, 5) is 16.8. The molecule has 5 nitrogen and oxygen atoms in total. The molecule has 0 aliphatic carbocycles. The van der Waals surface area contributed by atoms with Crippen LogP contribution in [-0.2, 0) is 17.8 Å². The number of fused-ring (bicyclic) bond motifs is 1. The van der Waals surface area contributed by atoms with E-state index in [0.717, 1.165) is 10.4 Å². The standard InChI is InChI=1S/C20H14Cl2N2O3S/c21-15-8-18(27-11-12-4-2-1-3-5-12)16(22)7-14(15)17-10-24-9-13(6-19(25)26)28-20(24)23-17/h1-5,7-10H,6,11H2,(H,25,26). The number of nitrogens with zero attached hydrogens (tertiary/aromatic N) is 2. The van der Waals surface area contributed by atoms with Gasteiger partial charge in [-0.25, -0.2) is 4.98 Å². The second-order valence-corrected chi connectivity index (χ2v) is 8.03. The van der Waals surface area contributed by atoms with Crippen molar-refractivity contribution in [2.75, 3.05) is 0 Å². The van der Waals surface area contributed by atoms with Gasteiger partial charge in [-0.2, -0.15) is 0 Å². The molecule has 0 amide bonds. The molecule has 0 atom stereocenters. The molecule has 2 aromatic heterocycles. The lowest BCUT2D eigenvalue weighted by Crippen LogP contribution is -1.97. The van der Waals surface area contributed by atoms with Gasteiger partial charge in [0.05, 0.1) is 22.2 Å². The molecular weight excluding hydrogens is 419 g/mol. The molecule has 2 aromatic carbocycles. The summed E-state index contributed by atoms with van der Waals surface area (Å²) in [5.74, 6) is -0.366. The van der Waals surface area contributed by atoms with E-state index < -0.39 is 5.97 Å². The van der Waals surface area contributed by atoms with Gasteiger partial charge >= 0.3 is 5.97 Å². The van der Waals surface area contributed by atoms with Crippen LogP contribution in [0.1, 0.15) is 10.4 Å². The summed E-state index contributed by atoms with van der Waals surface area (Å²) in [6, 6.07) is 13.2. The van der Waals surface area contributed by atoms with Gasteiger partial charge in [-0.15, -0.1) is 11.3 Å². The molecule has 4 aromatic rings. The maximum absolute atomic E-state index is 10.8. The first-order chi connectivity index (χ1) is 13.5. The molecule has 2 heterocycles. The van der Waals surface area contributed by atoms with Crippen LogP contribution >= 0.6 is 34.5 Å². The Labute approximate surface area is 174 Å². The fourth-order valence-corrected chi connectivity index (χ4v) is 4.19. The number of aromatic nitrogens is 2. The van der Waals surface area contributed by atoms with Crippen molar-refractivity contribution in [3.63, 3.8) is 0 Å². The van der Waals surface area contributed by atoms with Crippen LogP contribution in [0.5, 0.6) is 5.75 Å². The quantitative estimate of drug-likeness (QED) is 0.432. The average Bonchev–Trinajstić information content (AvgIpc) is 3.20. The molecule has 142 valence electrons. The summed E-state index contributed by atoms with van der Waals surface area (Å²) < 4.78 is 7.59. The monoisotopic (exact) mass is 432 g/mol. The number of carbonyl (C=O) groups is 1. The molecule has 0 spiro atoms. The van der Waals surface area contributed by atoms with Crippen LogP contribution < -0.4 is 4.74 Å². The molecule has 4 rings (SSSR count). The van der Waals surface area contributed by atoms with Gasteiger partial charge in [0, 0.05) is 28.9 Å². The lowest BCUT2D eigenvalue weighted by molar-refractivity contribution is -0.136. The third-order valence-electron chi connectivity index (χ3n) is 4.06. The fraction of sp³-hybridized carbons (Fsp3) is 0.100. The Morgan fingerprint density at radius 1 is 1.14 bits per heavy atom. The van der Waals surface area contributed by atoms with Crippen LogP contribution in [0.2, 0.25) is 10.0 Å². The number of carboxylic acids is 1. The Morgan fingerprint density at radius 2 is 1.93 bits per heavy atom. The van der Waals surface area contributed by atoms with E-state index in [4.69, 9.17) is 33.0 Å². The Bertz CT molecular complexity index is 1120. The normalized spacial score (nSPS) is 11.1. The van der Waals surface area contributed by atoms with Crippen molar-refractivity contribution in [2.24, 2.45) is 0 Å². The number of aliphatic carboxylic acids is 1. The summed E-state index contributed by atoms with van der Waals surface area (Å²) in [6.45, 7) is 0.392.